The molecule has 0 amide bonds. The van der Waals surface area contributed by atoms with Gasteiger partial charge in [0.15, 0.2) is 0 Å². The average Bonchev–Trinajstić information content (AvgIpc) is 3.23. The van der Waals surface area contributed by atoms with Gasteiger partial charge in [-0.2, -0.15) is 0 Å². The molecule has 1 spiro atoms. The Morgan fingerprint density at radius 1 is 1.38 bits per heavy atom. The Bertz CT molecular complexity index is 1110. The summed E-state index contributed by atoms with van der Waals surface area (Å²) in [5, 5.41) is 9.19. The van der Waals surface area contributed by atoms with Gasteiger partial charge in [-0.3, -0.25) is 4.79 Å². The first kappa shape index (κ1) is 18.8. The molecule has 1 aromatic heterocycles. The highest BCUT2D eigenvalue weighted by Gasteiger charge is 2.49. The maximum Gasteiger partial charge on any atom is 0.341 e. The van der Waals surface area contributed by atoms with Gasteiger partial charge >= 0.3 is 5.97 Å². The molecule has 3 N–H and O–H groups in total. The van der Waals surface area contributed by atoms with E-state index in [0.29, 0.717) is 13.1 Å². The minimum Gasteiger partial charge on any atom is -0.477 e. The van der Waals surface area contributed by atoms with Crippen LogP contribution in [0.4, 0.5) is 14.5 Å². The van der Waals surface area contributed by atoms with Crippen molar-refractivity contribution >= 4 is 34.2 Å². The molecular weight excluding hydrogens is 404 g/mol. The van der Waals surface area contributed by atoms with Crippen molar-refractivity contribution < 1.29 is 18.7 Å². The van der Waals surface area contributed by atoms with Crippen molar-refractivity contribution in [3.63, 3.8) is 0 Å². The number of rotatable bonds is 3. The molecule has 2 saturated carbocycles. The van der Waals surface area contributed by atoms with Crippen LogP contribution in [0.2, 0.25) is 5.02 Å². The van der Waals surface area contributed by atoms with Crippen LogP contribution in [-0.4, -0.2) is 40.9 Å². The minimum absolute atomic E-state index is 0.00304. The summed E-state index contributed by atoms with van der Waals surface area (Å²) in [6, 6.07) is 0.304. The van der Waals surface area contributed by atoms with E-state index in [-0.39, 0.29) is 39.5 Å². The van der Waals surface area contributed by atoms with Crippen molar-refractivity contribution in [2.24, 2.45) is 11.1 Å². The number of nitrogens with two attached hydrogens (primary N) is 1. The highest BCUT2D eigenvalue weighted by atomic mass is 35.5. The molecule has 1 aromatic carbocycles. The van der Waals surface area contributed by atoms with Gasteiger partial charge in [0, 0.05) is 37.2 Å². The van der Waals surface area contributed by atoms with Crippen LogP contribution in [0.3, 0.4) is 0 Å². The molecule has 9 heteroatoms. The van der Waals surface area contributed by atoms with Crippen LogP contribution in [0.1, 0.15) is 42.1 Å². The number of carbonyl (C=O) groups is 1. The third kappa shape index (κ3) is 2.61. The summed E-state index contributed by atoms with van der Waals surface area (Å²) in [6.07, 6.45) is 3.20. The minimum atomic E-state index is -1.44. The average molecular weight is 424 g/mol. The van der Waals surface area contributed by atoms with E-state index in [1.165, 1.54) is 4.57 Å². The first-order chi connectivity index (χ1) is 13.7. The zero-order valence-corrected chi connectivity index (χ0v) is 16.3. The first-order valence-electron chi connectivity index (χ1n) is 9.68. The SMILES string of the molecule is NC1CN(c2c(F)cc3c(=O)c(C(=O)O)cn([C@@H]4C[C@H]4F)c3c2Cl)CC12CCC2. The summed E-state index contributed by atoms with van der Waals surface area (Å²) < 4.78 is 30.4. The number of anilines is 1. The number of carboxylic acids is 1. The molecule has 0 bridgehead atoms. The summed E-state index contributed by atoms with van der Waals surface area (Å²) in [6.45, 7) is 1.01. The van der Waals surface area contributed by atoms with Gasteiger partial charge in [-0.05, 0) is 18.9 Å². The summed E-state index contributed by atoms with van der Waals surface area (Å²) in [5.41, 5.74) is 5.23. The largest absolute Gasteiger partial charge is 0.477 e. The molecule has 2 heterocycles. The molecular formula is C20H20ClF2N3O3. The predicted molar refractivity (Wildman–Crippen MR) is 105 cm³/mol. The zero-order chi connectivity index (χ0) is 20.7. The second kappa shape index (κ2) is 6.15. The lowest BCUT2D eigenvalue weighted by Gasteiger charge is -2.41. The number of alkyl halides is 1. The lowest BCUT2D eigenvalue weighted by Crippen LogP contribution is -2.45. The Morgan fingerprint density at radius 2 is 2.07 bits per heavy atom. The molecule has 1 unspecified atom stereocenters. The van der Waals surface area contributed by atoms with E-state index >= 15 is 4.39 Å². The molecule has 3 atom stereocenters. The van der Waals surface area contributed by atoms with Crippen LogP contribution in [0.25, 0.3) is 10.9 Å². The molecule has 1 saturated heterocycles. The summed E-state index contributed by atoms with van der Waals surface area (Å²) >= 11 is 6.61. The van der Waals surface area contributed by atoms with E-state index in [4.69, 9.17) is 17.3 Å². The number of aromatic nitrogens is 1. The number of benzene rings is 1. The Balaban J connectivity index is 1.73. The maximum atomic E-state index is 15.1. The first-order valence-corrected chi connectivity index (χ1v) is 10.1. The fourth-order valence-electron chi connectivity index (χ4n) is 4.90. The maximum absolute atomic E-state index is 15.1. The van der Waals surface area contributed by atoms with E-state index in [9.17, 15) is 19.1 Å². The van der Waals surface area contributed by atoms with Crippen molar-refractivity contribution in [3.8, 4) is 0 Å². The standard InChI is InChI=1S/C20H20ClF2N3O3/c21-15-16-9(18(27)10(19(28)29)6-26(16)13-5-11(13)22)4-12(23)17(15)25-7-14(24)20(8-25)2-1-3-20/h4,6,11,13-14H,1-3,5,7-8,24H2,(H,28,29)/t11-,13-,14?/m1/s1. The molecule has 0 radical (unpaired) electrons. The second-order valence-electron chi connectivity index (χ2n) is 8.52. The number of carboxylic acid groups (broad SMARTS) is 1. The van der Waals surface area contributed by atoms with Crippen LogP contribution in [-0.2, 0) is 0 Å². The second-order valence-corrected chi connectivity index (χ2v) is 8.90. The number of hydrogen-bond acceptors (Lipinski definition) is 4. The molecule has 3 fully saturated rings. The fourth-order valence-corrected chi connectivity index (χ4v) is 5.31. The van der Waals surface area contributed by atoms with Gasteiger partial charge in [-0.1, -0.05) is 18.0 Å². The molecule has 29 heavy (non-hydrogen) atoms. The smallest absolute Gasteiger partial charge is 0.341 e. The van der Waals surface area contributed by atoms with Gasteiger partial charge in [0.25, 0.3) is 0 Å². The molecule has 1 aliphatic heterocycles. The van der Waals surface area contributed by atoms with E-state index < -0.39 is 35.0 Å². The van der Waals surface area contributed by atoms with Crippen molar-refractivity contribution in [2.45, 2.75) is 43.9 Å². The third-order valence-electron chi connectivity index (χ3n) is 6.83. The van der Waals surface area contributed by atoms with E-state index in [1.54, 1.807) is 4.90 Å². The number of nitrogens with zero attached hydrogens (tertiary/aromatic N) is 2. The van der Waals surface area contributed by atoms with Gasteiger partial charge in [0.05, 0.1) is 27.7 Å². The lowest BCUT2D eigenvalue weighted by atomic mass is 9.66. The fraction of sp³-hybridized carbons (Fsp3) is 0.500. The van der Waals surface area contributed by atoms with Gasteiger partial charge in [-0.25, -0.2) is 13.6 Å². The van der Waals surface area contributed by atoms with Crippen molar-refractivity contribution in [1.82, 2.24) is 4.57 Å². The molecule has 154 valence electrons. The summed E-state index contributed by atoms with van der Waals surface area (Å²) in [5.74, 6) is -2.15. The van der Waals surface area contributed by atoms with Crippen LogP contribution < -0.4 is 16.1 Å². The van der Waals surface area contributed by atoms with E-state index in [0.717, 1.165) is 31.5 Å². The van der Waals surface area contributed by atoms with Gasteiger partial charge in [0.2, 0.25) is 5.43 Å². The third-order valence-corrected chi connectivity index (χ3v) is 7.19. The van der Waals surface area contributed by atoms with Crippen LogP contribution in [0.15, 0.2) is 17.1 Å². The quantitative estimate of drug-likeness (QED) is 0.792. The van der Waals surface area contributed by atoms with Crippen LogP contribution in [0.5, 0.6) is 0 Å². The molecule has 2 aromatic rings. The van der Waals surface area contributed by atoms with E-state index in [2.05, 4.69) is 0 Å². The zero-order valence-electron chi connectivity index (χ0n) is 15.5. The summed E-state index contributed by atoms with van der Waals surface area (Å²) in [4.78, 5) is 25.9. The van der Waals surface area contributed by atoms with Gasteiger partial charge < -0.3 is 20.3 Å². The Kier molecular flexibility index (Phi) is 3.99. The highest BCUT2D eigenvalue weighted by Crippen LogP contribution is 2.50. The van der Waals surface area contributed by atoms with Crippen molar-refractivity contribution in [2.75, 3.05) is 18.0 Å². The molecule has 6 nitrogen and oxygen atoms in total. The van der Waals surface area contributed by atoms with Crippen LogP contribution >= 0.6 is 11.6 Å². The van der Waals surface area contributed by atoms with Crippen molar-refractivity contribution in [1.29, 1.82) is 0 Å². The number of halogens is 3. The summed E-state index contributed by atoms with van der Waals surface area (Å²) in [7, 11) is 0. The van der Waals surface area contributed by atoms with Gasteiger partial charge in [0.1, 0.15) is 17.6 Å². The van der Waals surface area contributed by atoms with E-state index in [1.807, 2.05) is 0 Å². The number of pyridine rings is 1. The highest BCUT2D eigenvalue weighted by molar-refractivity contribution is 6.38. The molecule has 3 aliphatic rings. The molecule has 2 aliphatic carbocycles. The monoisotopic (exact) mass is 423 g/mol. The topological polar surface area (TPSA) is 88.6 Å². The Hall–Kier alpha value is -2.19. The number of hydrogen-bond donors (Lipinski definition) is 2. The Morgan fingerprint density at radius 3 is 2.59 bits per heavy atom. The number of aromatic carboxylic acids is 1. The normalized spacial score (nSPS) is 27.4. The Labute approximate surface area is 169 Å². The van der Waals surface area contributed by atoms with Crippen molar-refractivity contribution in [3.05, 3.63) is 38.9 Å². The van der Waals surface area contributed by atoms with Crippen LogP contribution in [0, 0.1) is 11.2 Å². The predicted octanol–water partition coefficient (Wildman–Crippen LogP) is 3.09. The lowest BCUT2D eigenvalue weighted by molar-refractivity contribution is 0.0694. The van der Waals surface area contributed by atoms with Gasteiger partial charge in [-0.15, -0.1) is 0 Å². The molecule has 5 rings (SSSR count). The number of fused-ring (bicyclic) bond motifs is 1.